The summed E-state index contributed by atoms with van der Waals surface area (Å²) in [5.41, 5.74) is -0.547. The summed E-state index contributed by atoms with van der Waals surface area (Å²) in [4.78, 5) is 25.9. The van der Waals surface area contributed by atoms with E-state index in [-0.39, 0.29) is 18.6 Å². The molecule has 0 saturated heterocycles. The van der Waals surface area contributed by atoms with E-state index in [2.05, 4.69) is 12.2 Å². The van der Waals surface area contributed by atoms with E-state index < -0.39 is 11.5 Å². The first-order valence-electron chi connectivity index (χ1n) is 7.09. The molecule has 6 heteroatoms. The van der Waals surface area contributed by atoms with Gasteiger partial charge in [-0.1, -0.05) is 19.4 Å². The minimum absolute atomic E-state index is 0.0684. The first-order valence-corrected chi connectivity index (χ1v) is 7.97. The lowest BCUT2D eigenvalue weighted by Crippen LogP contribution is -2.53. The molecule has 0 spiro atoms. The third kappa shape index (κ3) is 5.38. The number of carbonyl (C=O) groups excluding carboxylic acids is 1. The van der Waals surface area contributed by atoms with Gasteiger partial charge in [0.05, 0.1) is 6.04 Å². The predicted octanol–water partition coefficient (Wildman–Crippen LogP) is 3.48. The van der Waals surface area contributed by atoms with Crippen LogP contribution in [0.15, 0.2) is 17.5 Å². The van der Waals surface area contributed by atoms with Crippen LogP contribution in [-0.2, 0) is 4.79 Å². The molecule has 0 radical (unpaired) electrons. The number of carbonyl (C=O) groups is 2. The lowest BCUT2D eigenvalue weighted by atomic mass is 10.1. The van der Waals surface area contributed by atoms with Crippen LogP contribution in [0.1, 0.15) is 51.5 Å². The molecule has 0 saturated carbocycles. The molecular weight excluding hydrogens is 288 g/mol. The van der Waals surface area contributed by atoms with Crippen molar-refractivity contribution in [1.29, 1.82) is 0 Å². The Morgan fingerprint density at radius 3 is 2.52 bits per heavy atom. The van der Waals surface area contributed by atoms with E-state index >= 15 is 0 Å². The molecule has 1 unspecified atom stereocenters. The molecule has 2 amide bonds. The van der Waals surface area contributed by atoms with E-state index in [1.165, 1.54) is 4.90 Å². The lowest BCUT2D eigenvalue weighted by Gasteiger charge is -2.35. The van der Waals surface area contributed by atoms with Crippen molar-refractivity contribution in [3.63, 3.8) is 0 Å². The molecule has 0 aliphatic rings. The van der Waals surface area contributed by atoms with Gasteiger partial charge in [-0.3, -0.25) is 4.79 Å². The van der Waals surface area contributed by atoms with Gasteiger partial charge >= 0.3 is 12.0 Å². The number of nitrogens with zero attached hydrogens (tertiary/aromatic N) is 1. The van der Waals surface area contributed by atoms with Crippen LogP contribution in [0.4, 0.5) is 4.79 Å². The van der Waals surface area contributed by atoms with E-state index in [1.54, 1.807) is 11.3 Å². The normalized spacial score (nSPS) is 12.8. The highest BCUT2D eigenvalue weighted by Crippen LogP contribution is 2.24. The molecule has 0 aliphatic carbocycles. The molecule has 1 heterocycles. The average Bonchev–Trinajstić information content (AvgIpc) is 2.87. The topological polar surface area (TPSA) is 69.6 Å². The van der Waals surface area contributed by atoms with Crippen LogP contribution in [-0.4, -0.2) is 34.1 Å². The highest BCUT2D eigenvalue weighted by atomic mass is 32.1. The van der Waals surface area contributed by atoms with Crippen molar-refractivity contribution < 1.29 is 14.7 Å². The van der Waals surface area contributed by atoms with Crippen LogP contribution >= 0.6 is 11.3 Å². The number of rotatable bonds is 6. The first kappa shape index (κ1) is 17.5. The van der Waals surface area contributed by atoms with E-state index in [0.717, 1.165) is 17.7 Å². The Hall–Kier alpha value is -1.56. The van der Waals surface area contributed by atoms with E-state index in [0.29, 0.717) is 0 Å². The van der Waals surface area contributed by atoms with Gasteiger partial charge in [-0.15, -0.1) is 11.3 Å². The smallest absolute Gasteiger partial charge is 0.323 e. The van der Waals surface area contributed by atoms with Crippen LogP contribution in [0.3, 0.4) is 0 Å². The Balaban J connectivity index is 2.85. The number of thiophene rings is 1. The summed E-state index contributed by atoms with van der Waals surface area (Å²) >= 11 is 1.60. The van der Waals surface area contributed by atoms with Crippen molar-refractivity contribution >= 4 is 23.3 Å². The maximum atomic E-state index is 12.5. The molecule has 1 aromatic rings. The van der Waals surface area contributed by atoms with Crippen LogP contribution in [0, 0.1) is 0 Å². The molecule has 0 aliphatic heterocycles. The Kier molecular flexibility index (Phi) is 6.20. The minimum atomic E-state index is -1.01. The molecule has 0 bridgehead atoms. The van der Waals surface area contributed by atoms with Crippen LogP contribution in [0.2, 0.25) is 0 Å². The fourth-order valence-corrected chi connectivity index (χ4v) is 2.85. The summed E-state index contributed by atoms with van der Waals surface area (Å²) in [6, 6.07) is 3.54. The van der Waals surface area contributed by atoms with Gasteiger partial charge in [0.25, 0.3) is 0 Å². The monoisotopic (exact) mass is 312 g/mol. The van der Waals surface area contributed by atoms with Crippen molar-refractivity contribution in [2.75, 3.05) is 6.54 Å². The average molecular weight is 312 g/mol. The number of aliphatic carboxylic acids is 1. The summed E-state index contributed by atoms with van der Waals surface area (Å²) in [7, 11) is 0. The van der Waals surface area contributed by atoms with Crippen LogP contribution < -0.4 is 5.32 Å². The Bertz CT molecular complexity index is 466. The van der Waals surface area contributed by atoms with E-state index in [4.69, 9.17) is 5.11 Å². The van der Waals surface area contributed by atoms with Gasteiger partial charge in [-0.05, 0) is 38.6 Å². The van der Waals surface area contributed by atoms with Gasteiger partial charge in [-0.2, -0.15) is 0 Å². The van der Waals surface area contributed by atoms with E-state index in [9.17, 15) is 9.59 Å². The largest absolute Gasteiger partial charge is 0.480 e. The van der Waals surface area contributed by atoms with Crippen LogP contribution in [0.5, 0.6) is 0 Å². The predicted molar refractivity (Wildman–Crippen MR) is 84.6 cm³/mol. The summed E-state index contributed by atoms with van der Waals surface area (Å²) < 4.78 is 0. The van der Waals surface area contributed by atoms with Gasteiger partial charge in [0, 0.05) is 10.4 Å². The fraction of sp³-hybridized carbons (Fsp3) is 0.600. The van der Waals surface area contributed by atoms with Gasteiger partial charge < -0.3 is 15.3 Å². The molecule has 0 aromatic carbocycles. The van der Waals surface area contributed by atoms with E-state index in [1.807, 2.05) is 38.3 Å². The van der Waals surface area contributed by atoms with Gasteiger partial charge in [0.1, 0.15) is 6.54 Å². The zero-order valence-electron chi connectivity index (χ0n) is 13.0. The van der Waals surface area contributed by atoms with Gasteiger partial charge in [0.2, 0.25) is 0 Å². The standard InChI is InChI=1S/C15H24N2O3S/c1-5-7-11(12-8-6-9-21-12)16-14(20)17(10-13(18)19)15(2,3)4/h6,8-9,11H,5,7,10H2,1-4H3,(H,16,20)(H,18,19). The Morgan fingerprint density at radius 2 is 2.10 bits per heavy atom. The number of hydrogen-bond acceptors (Lipinski definition) is 3. The van der Waals surface area contributed by atoms with Gasteiger partial charge in [0.15, 0.2) is 0 Å². The molecule has 118 valence electrons. The van der Waals surface area contributed by atoms with Crippen LogP contribution in [0.25, 0.3) is 0 Å². The number of hydrogen-bond donors (Lipinski definition) is 2. The second kappa shape index (κ2) is 7.45. The van der Waals surface area contributed by atoms with Crippen molar-refractivity contribution in [3.8, 4) is 0 Å². The van der Waals surface area contributed by atoms with Crippen molar-refractivity contribution in [3.05, 3.63) is 22.4 Å². The summed E-state index contributed by atoms with van der Waals surface area (Å²) in [5, 5.41) is 13.9. The summed E-state index contributed by atoms with van der Waals surface area (Å²) in [5.74, 6) is -1.01. The van der Waals surface area contributed by atoms with Crippen molar-refractivity contribution in [2.45, 2.75) is 52.1 Å². The number of carboxylic acid groups (broad SMARTS) is 1. The molecule has 2 N–H and O–H groups in total. The second-order valence-corrected chi connectivity index (χ2v) is 6.94. The SMILES string of the molecule is CCCC(NC(=O)N(CC(=O)O)C(C)(C)C)c1cccs1. The fourth-order valence-electron chi connectivity index (χ4n) is 2.04. The zero-order valence-corrected chi connectivity index (χ0v) is 13.9. The maximum Gasteiger partial charge on any atom is 0.323 e. The second-order valence-electron chi connectivity index (χ2n) is 5.96. The summed E-state index contributed by atoms with van der Waals surface area (Å²) in [6.07, 6.45) is 1.77. The molecular formula is C15H24N2O3S. The number of carboxylic acids is 1. The molecule has 0 fully saturated rings. The molecule has 5 nitrogen and oxygen atoms in total. The molecule has 1 rings (SSSR count). The lowest BCUT2D eigenvalue weighted by molar-refractivity contribution is -0.138. The quantitative estimate of drug-likeness (QED) is 0.845. The number of urea groups is 1. The number of nitrogens with one attached hydrogen (secondary N) is 1. The third-order valence-corrected chi connectivity index (χ3v) is 4.10. The highest BCUT2D eigenvalue weighted by Gasteiger charge is 2.30. The molecule has 1 atom stereocenters. The summed E-state index contributed by atoms with van der Waals surface area (Å²) in [6.45, 7) is 7.24. The maximum absolute atomic E-state index is 12.5. The van der Waals surface area contributed by atoms with Crippen molar-refractivity contribution in [1.82, 2.24) is 10.2 Å². The first-order chi connectivity index (χ1) is 9.75. The Labute approximate surface area is 130 Å². The number of amides is 2. The molecule has 1 aromatic heterocycles. The minimum Gasteiger partial charge on any atom is -0.480 e. The highest BCUT2D eigenvalue weighted by molar-refractivity contribution is 7.10. The Morgan fingerprint density at radius 1 is 1.43 bits per heavy atom. The third-order valence-electron chi connectivity index (χ3n) is 3.11. The van der Waals surface area contributed by atoms with Gasteiger partial charge in [-0.25, -0.2) is 4.79 Å². The van der Waals surface area contributed by atoms with Crippen molar-refractivity contribution in [2.24, 2.45) is 0 Å². The molecule has 21 heavy (non-hydrogen) atoms. The zero-order chi connectivity index (χ0) is 16.0.